The molecule has 1 N–H and O–H groups in total. The monoisotopic (exact) mass is 238 g/mol. The van der Waals surface area contributed by atoms with Gasteiger partial charge >= 0.3 is 5.69 Å². The van der Waals surface area contributed by atoms with Crippen molar-refractivity contribution in [3.05, 3.63) is 32.1 Å². The van der Waals surface area contributed by atoms with Gasteiger partial charge in [0.05, 0.1) is 0 Å². The largest absolute Gasteiger partial charge is 0.329 e. The number of hydrogen-bond acceptors (Lipinski definition) is 2. The fraction of sp³-hybridized carbons (Fsp3) is 0.500. The van der Waals surface area contributed by atoms with Crippen molar-refractivity contribution in [3.63, 3.8) is 0 Å². The summed E-state index contributed by atoms with van der Waals surface area (Å²) < 4.78 is 26.3. The lowest BCUT2D eigenvalue weighted by atomic mass is 10.2. The molecule has 0 spiro atoms. The molecule has 1 atom stereocenters. The van der Waals surface area contributed by atoms with E-state index < -0.39 is 23.2 Å². The van der Waals surface area contributed by atoms with E-state index in [1.807, 2.05) is 0 Å². The van der Waals surface area contributed by atoms with Crippen LogP contribution < -0.4 is 11.2 Å². The van der Waals surface area contributed by atoms with Crippen LogP contribution in [0.5, 0.6) is 0 Å². The molecule has 0 aliphatic heterocycles. The van der Waals surface area contributed by atoms with E-state index in [-0.39, 0.29) is 5.15 Å². The van der Waals surface area contributed by atoms with Gasteiger partial charge in [-0.3, -0.25) is 14.3 Å². The fourth-order valence-corrected chi connectivity index (χ4v) is 1.24. The summed E-state index contributed by atoms with van der Waals surface area (Å²) in [4.78, 5) is 24.6. The zero-order valence-corrected chi connectivity index (χ0v) is 8.81. The van der Waals surface area contributed by atoms with Crippen molar-refractivity contribution < 1.29 is 8.78 Å². The maximum Gasteiger partial charge on any atom is 0.329 e. The van der Waals surface area contributed by atoms with Gasteiger partial charge in [0.25, 0.3) is 11.5 Å². The molecule has 4 nitrogen and oxygen atoms in total. The third kappa shape index (κ3) is 2.44. The highest BCUT2D eigenvalue weighted by molar-refractivity contribution is 6.29. The van der Waals surface area contributed by atoms with Crippen molar-refractivity contribution in [1.82, 2.24) is 9.55 Å². The lowest BCUT2D eigenvalue weighted by molar-refractivity contribution is -0.0285. The molecule has 1 unspecified atom stereocenters. The minimum absolute atomic E-state index is 0.173. The van der Waals surface area contributed by atoms with Crippen LogP contribution in [-0.4, -0.2) is 15.5 Å². The number of nitrogens with one attached hydrogen (secondary N) is 1. The second-order valence-corrected chi connectivity index (χ2v) is 3.67. The molecule has 15 heavy (non-hydrogen) atoms. The number of hydrogen-bond donors (Lipinski definition) is 1. The van der Waals surface area contributed by atoms with E-state index >= 15 is 0 Å². The van der Waals surface area contributed by atoms with Gasteiger partial charge in [0.1, 0.15) is 11.2 Å². The average molecular weight is 239 g/mol. The lowest BCUT2D eigenvalue weighted by Crippen LogP contribution is -2.42. The first kappa shape index (κ1) is 11.9. The van der Waals surface area contributed by atoms with Gasteiger partial charge in [-0.15, -0.1) is 0 Å². The standard InChI is InChI=1S/C8H9ClF2N2O2/c1-4(8(2,10)11)13-6(14)3-5(9)12-7(13)15/h3-4H,1-2H3,(H,12,15). The predicted octanol–water partition coefficient (Wildman–Crippen LogP) is 1.41. The van der Waals surface area contributed by atoms with Gasteiger partial charge in [-0.2, -0.15) is 0 Å². The first-order valence-electron chi connectivity index (χ1n) is 4.12. The zero-order valence-electron chi connectivity index (χ0n) is 8.05. The van der Waals surface area contributed by atoms with Crippen LogP contribution in [0.1, 0.15) is 19.9 Å². The Kier molecular flexibility index (Phi) is 2.99. The first-order chi connectivity index (χ1) is 6.73. The molecule has 84 valence electrons. The molecule has 0 aromatic carbocycles. The van der Waals surface area contributed by atoms with Gasteiger partial charge < -0.3 is 0 Å². The summed E-state index contributed by atoms with van der Waals surface area (Å²) in [5.74, 6) is -3.16. The van der Waals surface area contributed by atoms with E-state index in [9.17, 15) is 18.4 Å². The highest BCUT2D eigenvalue weighted by Gasteiger charge is 2.33. The molecule has 0 saturated heterocycles. The van der Waals surface area contributed by atoms with E-state index in [1.54, 1.807) is 0 Å². The Labute approximate surface area is 88.5 Å². The summed E-state index contributed by atoms with van der Waals surface area (Å²) in [5, 5.41) is -0.173. The predicted molar refractivity (Wildman–Crippen MR) is 51.7 cm³/mol. The van der Waals surface area contributed by atoms with Crippen molar-refractivity contribution in [2.45, 2.75) is 25.8 Å². The number of aromatic nitrogens is 2. The number of rotatable bonds is 2. The lowest BCUT2D eigenvalue weighted by Gasteiger charge is -2.20. The zero-order chi connectivity index (χ0) is 11.8. The van der Waals surface area contributed by atoms with E-state index in [1.165, 1.54) is 0 Å². The summed E-state index contributed by atoms with van der Waals surface area (Å²) in [6.45, 7) is 1.72. The number of H-pyrrole nitrogens is 1. The van der Waals surface area contributed by atoms with Crippen molar-refractivity contribution in [1.29, 1.82) is 0 Å². The van der Waals surface area contributed by atoms with Gasteiger partial charge in [0.2, 0.25) is 0 Å². The number of alkyl halides is 2. The van der Waals surface area contributed by atoms with Crippen molar-refractivity contribution in [2.75, 3.05) is 0 Å². The quantitative estimate of drug-likeness (QED) is 0.792. The molecule has 0 fully saturated rings. The molecule has 7 heteroatoms. The van der Waals surface area contributed by atoms with Crippen molar-refractivity contribution >= 4 is 11.6 Å². The fourth-order valence-electron chi connectivity index (χ4n) is 1.07. The van der Waals surface area contributed by atoms with Gasteiger partial charge in [-0.1, -0.05) is 11.6 Å². The third-order valence-corrected chi connectivity index (χ3v) is 2.26. The van der Waals surface area contributed by atoms with Crippen LogP contribution in [0.4, 0.5) is 8.78 Å². The summed E-state index contributed by atoms with van der Waals surface area (Å²) in [6.07, 6.45) is 0. The Morgan fingerprint density at radius 2 is 2.07 bits per heavy atom. The molecular weight excluding hydrogens is 230 g/mol. The molecule has 0 amide bonds. The topological polar surface area (TPSA) is 54.9 Å². The Morgan fingerprint density at radius 3 is 2.47 bits per heavy atom. The van der Waals surface area contributed by atoms with Crippen LogP contribution in [0, 0.1) is 0 Å². The van der Waals surface area contributed by atoms with E-state index in [4.69, 9.17) is 11.6 Å². The molecule has 0 aliphatic carbocycles. The van der Waals surface area contributed by atoms with Gasteiger partial charge in [0, 0.05) is 13.0 Å². The smallest absolute Gasteiger partial charge is 0.298 e. The van der Waals surface area contributed by atoms with Crippen molar-refractivity contribution in [2.24, 2.45) is 0 Å². The van der Waals surface area contributed by atoms with Crippen LogP contribution in [0.25, 0.3) is 0 Å². The average Bonchev–Trinajstić information content (AvgIpc) is 1.99. The second kappa shape index (κ2) is 3.77. The number of halogens is 3. The summed E-state index contributed by atoms with van der Waals surface area (Å²) >= 11 is 5.38. The molecule has 0 radical (unpaired) electrons. The minimum atomic E-state index is -3.16. The van der Waals surface area contributed by atoms with Crippen LogP contribution in [-0.2, 0) is 0 Å². The SMILES string of the molecule is CC(n1c(=O)cc(Cl)[nH]c1=O)C(C)(F)F. The molecule has 1 aromatic rings. The Balaban J connectivity index is 3.40. The van der Waals surface area contributed by atoms with Gasteiger partial charge in [-0.25, -0.2) is 13.6 Å². The maximum atomic E-state index is 12.9. The van der Waals surface area contributed by atoms with E-state index in [0.29, 0.717) is 11.5 Å². The second-order valence-electron chi connectivity index (χ2n) is 3.26. The van der Waals surface area contributed by atoms with Crippen LogP contribution in [0.2, 0.25) is 5.15 Å². The van der Waals surface area contributed by atoms with Crippen LogP contribution >= 0.6 is 11.6 Å². The minimum Gasteiger partial charge on any atom is -0.298 e. The highest BCUT2D eigenvalue weighted by Crippen LogP contribution is 2.25. The molecule has 1 rings (SSSR count). The number of aromatic amines is 1. The van der Waals surface area contributed by atoms with Crippen LogP contribution in [0.15, 0.2) is 15.7 Å². The first-order valence-corrected chi connectivity index (χ1v) is 4.50. The normalized spacial score (nSPS) is 13.9. The highest BCUT2D eigenvalue weighted by atomic mass is 35.5. The molecule has 0 saturated carbocycles. The Morgan fingerprint density at radius 1 is 1.53 bits per heavy atom. The Hall–Kier alpha value is -1.17. The maximum absolute atomic E-state index is 12.9. The molecule has 0 bridgehead atoms. The molecule has 1 heterocycles. The summed E-state index contributed by atoms with van der Waals surface area (Å²) in [7, 11) is 0. The molecular formula is C8H9ClF2N2O2. The van der Waals surface area contributed by atoms with Gasteiger partial charge in [-0.05, 0) is 6.92 Å². The van der Waals surface area contributed by atoms with Gasteiger partial charge in [0.15, 0.2) is 0 Å². The summed E-state index contributed by atoms with van der Waals surface area (Å²) in [5.41, 5.74) is -1.79. The third-order valence-electron chi connectivity index (χ3n) is 2.05. The Bertz CT molecular complexity index is 444. The van der Waals surface area contributed by atoms with Crippen LogP contribution in [0.3, 0.4) is 0 Å². The molecule has 1 aromatic heterocycles. The van der Waals surface area contributed by atoms with E-state index in [2.05, 4.69) is 4.98 Å². The molecule has 0 aliphatic rings. The summed E-state index contributed by atoms with van der Waals surface area (Å²) in [6, 6.07) is -0.642. The van der Waals surface area contributed by atoms with E-state index in [0.717, 1.165) is 13.0 Å². The van der Waals surface area contributed by atoms with Crippen molar-refractivity contribution in [3.8, 4) is 0 Å². The number of nitrogens with zero attached hydrogens (tertiary/aromatic N) is 1.